The van der Waals surface area contributed by atoms with Gasteiger partial charge in [-0.3, -0.25) is 0 Å². The van der Waals surface area contributed by atoms with E-state index in [9.17, 15) is 0 Å². The van der Waals surface area contributed by atoms with Gasteiger partial charge in [0.05, 0.1) is 0 Å². The summed E-state index contributed by atoms with van der Waals surface area (Å²) >= 11 is 0. The number of hydrogen-bond donors (Lipinski definition) is 3. The molecule has 0 aliphatic heterocycles. The maximum Gasteiger partial charge on any atom is 0.282 e. The molecule has 1 atom stereocenters. The molecule has 0 saturated heterocycles. The van der Waals surface area contributed by atoms with Crippen LogP contribution in [0.4, 0.5) is 0 Å². The summed E-state index contributed by atoms with van der Waals surface area (Å²) in [7, 11) is 4.85. The molecule has 0 amide bonds. The van der Waals surface area contributed by atoms with Crippen molar-refractivity contribution < 1.29 is 14.2 Å². The van der Waals surface area contributed by atoms with Crippen LogP contribution in [0.2, 0.25) is 0 Å². The summed E-state index contributed by atoms with van der Waals surface area (Å²) in [6.45, 7) is 2.37. The Labute approximate surface area is 149 Å². The number of hydrogen-bond acceptors (Lipinski definition) is 6. The summed E-state index contributed by atoms with van der Waals surface area (Å²) in [5, 5.41) is 3.53. The second kappa shape index (κ2) is 16.2. The molecule has 0 aromatic rings. The topological polar surface area (TPSA) is 91.8 Å². The van der Waals surface area contributed by atoms with Gasteiger partial charge in [-0.1, -0.05) is 32.1 Å². The number of methoxy groups -OCH3 is 3. The second-order valence-corrected chi connectivity index (χ2v) is 6.33. The third kappa shape index (κ3) is 11.3. The molecule has 0 aromatic heterocycles. The van der Waals surface area contributed by atoms with Crippen molar-refractivity contribution in [2.75, 3.05) is 41.0 Å². The first-order chi connectivity index (χ1) is 11.7. The van der Waals surface area contributed by atoms with Crippen molar-refractivity contribution in [3.8, 4) is 0 Å². The molecular weight excluding hydrogens is 306 g/mol. The zero-order valence-electron chi connectivity index (χ0n) is 16.1. The quantitative estimate of drug-likeness (QED) is 0.260. The maximum absolute atomic E-state index is 5.61. The van der Waals surface area contributed by atoms with Gasteiger partial charge >= 0.3 is 0 Å². The van der Waals surface area contributed by atoms with Crippen molar-refractivity contribution in [2.45, 2.75) is 76.2 Å². The van der Waals surface area contributed by atoms with Gasteiger partial charge in [0.1, 0.15) is 0 Å². The van der Waals surface area contributed by atoms with Gasteiger partial charge in [-0.05, 0) is 32.2 Å². The number of rotatable bonds is 18. The van der Waals surface area contributed by atoms with Crippen LogP contribution in [0.1, 0.15) is 64.2 Å². The van der Waals surface area contributed by atoms with Crippen LogP contribution in [-0.4, -0.2) is 53.0 Å². The number of nitrogens with one attached hydrogen (secondary N) is 1. The summed E-state index contributed by atoms with van der Waals surface area (Å²) < 4.78 is 15.9. The molecule has 5 N–H and O–H groups in total. The van der Waals surface area contributed by atoms with E-state index in [-0.39, 0.29) is 0 Å². The Morgan fingerprint density at radius 2 is 1.29 bits per heavy atom. The minimum Gasteiger partial charge on any atom is -0.331 e. The van der Waals surface area contributed by atoms with Crippen LogP contribution in [0.3, 0.4) is 0 Å². The predicted molar refractivity (Wildman–Crippen MR) is 99.8 cm³/mol. The average molecular weight is 348 g/mol. The van der Waals surface area contributed by atoms with Crippen LogP contribution in [0.5, 0.6) is 0 Å². The fraction of sp³-hybridized carbons (Fsp3) is 1.00. The molecule has 0 radical (unpaired) electrons. The van der Waals surface area contributed by atoms with E-state index in [0.717, 1.165) is 38.8 Å². The molecule has 0 bridgehead atoms. The maximum atomic E-state index is 5.61. The van der Waals surface area contributed by atoms with E-state index >= 15 is 0 Å². The lowest BCUT2D eigenvalue weighted by molar-refractivity contribution is -0.355. The van der Waals surface area contributed by atoms with Gasteiger partial charge < -0.3 is 31.0 Å². The normalized spacial score (nSPS) is 13.4. The summed E-state index contributed by atoms with van der Waals surface area (Å²) in [5.41, 5.74) is 11.2. The Morgan fingerprint density at radius 3 is 1.83 bits per heavy atom. The molecule has 6 nitrogen and oxygen atoms in total. The zero-order chi connectivity index (χ0) is 18.1. The highest BCUT2D eigenvalue weighted by Crippen LogP contribution is 2.21. The van der Waals surface area contributed by atoms with E-state index < -0.39 is 5.97 Å². The number of unbranched alkanes of at least 4 members (excludes halogenated alkanes) is 5. The standard InChI is InChI=1S/C18H41N3O3/c1-22-18(23-2,24-3)13-9-7-5-4-6-8-11-17(12-10-14-19)21-16-15-20/h17,21H,4-16,19-20H2,1-3H3. The van der Waals surface area contributed by atoms with Crippen molar-refractivity contribution in [2.24, 2.45) is 11.5 Å². The van der Waals surface area contributed by atoms with Crippen LogP contribution in [-0.2, 0) is 14.2 Å². The third-order valence-electron chi connectivity index (χ3n) is 4.55. The fourth-order valence-electron chi connectivity index (χ4n) is 3.00. The van der Waals surface area contributed by atoms with Gasteiger partial charge in [0.15, 0.2) is 0 Å². The lowest BCUT2D eigenvalue weighted by atomic mass is 10.0. The molecule has 6 heteroatoms. The van der Waals surface area contributed by atoms with Crippen molar-refractivity contribution in [3.63, 3.8) is 0 Å². The highest BCUT2D eigenvalue weighted by Gasteiger charge is 2.28. The summed E-state index contributed by atoms with van der Waals surface area (Å²) in [4.78, 5) is 0. The Kier molecular flexibility index (Phi) is 16.1. The zero-order valence-corrected chi connectivity index (χ0v) is 16.1. The number of ether oxygens (including phenoxy) is 3. The van der Waals surface area contributed by atoms with E-state index in [2.05, 4.69) is 5.32 Å². The minimum atomic E-state index is -0.870. The smallest absolute Gasteiger partial charge is 0.282 e. The lowest BCUT2D eigenvalue weighted by Crippen LogP contribution is -2.35. The van der Waals surface area contributed by atoms with Gasteiger partial charge in [0, 0.05) is 46.9 Å². The van der Waals surface area contributed by atoms with E-state index in [0.29, 0.717) is 12.6 Å². The Balaban J connectivity index is 3.66. The SMILES string of the molecule is COC(CCCCCCCCC(CCCN)NCCN)(OC)OC. The fourth-order valence-corrected chi connectivity index (χ4v) is 3.00. The Bertz CT molecular complexity index is 248. The van der Waals surface area contributed by atoms with E-state index in [1.165, 1.54) is 38.5 Å². The second-order valence-electron chi connectivity index (χ2n) is 6.33. The molecule has 0 aromatic carbocycles. The lowest BCUT2D eigenvalue weighted by Gasteiger charge is -2.28. The van der Waals surface area contributed by atoms with Crippen molar-refractivity contribution in [3.05, 3.63) is 0 Å². The molecule has 0 heterocycles. The molecular formula is C18H41N3O3. The van der Waals surface area contributed by atoms with E-state index in [1.54, 1.807) is 21.3 Å². The first-order valence-corrected chi connectivity index (χ1v) is 9.47. The number of nitrogens with two attached hydrogens (primary N) is 2. The minimum absolute atomic E-state index is 0.572. The molecule has 0 spiro atoms. The molecule has 0 fully saturated rings. The monoisotopic (exact) mass is 347 g/mol. The largest absolute Gasteiger partial charge is 0.331 e. The third-order valence-corrected chi connectivity index (χ3v) is 4.55. The molecule has 1 unspecified atom stereocenters. The van der Waals surface area contributed by atoms with Crippen molar-refractivity contribution in [1.82, 2.24) is 5.32 Å². The van der Waals surface area contributed by atoms with E-state index in [1.807, 2.05) is 0 Å². The molecule has 0 saturated carbocycles. The molecule has 146 valence electrons. The molecule has 0 aliphatic carbocycles. The van der Waals surface area contributed by atoms with Crippen LogP contribution in [0.25, 0.3) is 0 Å². The van der Waals surface area contributed by atoms with Gasteiger partial charge in [0.2, 0.25) is 0 Å². The van der Waals surface area contributed by atoms with Crippen molar-refractivity contribution in [1.29, 1.82) is 0 Å². The highest BCUT2D eigenvalue weighted by molar-refractivity contribution is 4.67. The Hall–Kier alpha value is -0.240. The molecule has 0 aliphatic rings. The van der Waals surface area contributed by atoms with Crippen LogP contribution < -0.4 is 16.8 Å². The summed E-state index contributed by atoms with van der Waals surface area (Å²) in [6, 6.07) is 0.572. The van der Waals surface area contributed by atoms with Crippen LogP contribution in [0.15, 0.2) is 0 Å². The first kappa shape index (κ1) is 23.8. The van der Waals surface area contributed by atoms with Crippen molar-refractivity contribution >= 4 is 0 Å². The molecule has 24 heavy (non-hydrogen) atoms. The summed E-state index contributed by atoms with van der Waals surface area (Å²) in [5.74, 6) is -0.870. The van der Waals surface area contributed by atoms with Gasteiger partial charge in [-0.15, -0.1) is 0 Å². The van der Waals surface area contributed by atoms with Crippen LogP contribution >= 0.6 is 0 Å². The predicted octanol–water partition coefficient (Wildman–Crippen LogP) is 2.36. The summed E-state index contributed by atoms with van der Waals surface area (Å²) in [6.07, 6.45) is 11.5. The van der Waals surface area contributed by atoms with Gasteiger partial charge in [-0.2, -0.15) is 0 Å². The van der Waals surface area contributed by atoms with E-state index in [4.69, 9.17) is 25.7 Å². The average Bonchev–Trinajstić information content (AvgIpc) is 2.62. The first-order valence-electron chi connectivity index (χ1n) is 9.47. The van der Waals surface area contributed by atoms with Gasteiger partial charge in [0.25, 0.3) is 5.97 Å². The molecule has 0 rings (SSSR count). The highest BCUT2D eigenvalue weighted by atomic mass is 16.9. The van der Waals surface area contributed by atoms with Gasteiger partial charge in [-0.25, -0.2) is 0 Å². The Morgan fingerprint density at radius 1 is 0.750 bits per heavy atom. The van der Waals surface area contributed by atoms with Crippen LogP contribution in [0, 0.1) is 0 Å².